The maximum Gasteiger partial charge on any atom is 0.280 e. The number of alkyl halides is 2. The minimum atomic E-state index is -2.66. The normalized spacial score (nSPS) is 20.1. The predicted molar refractivity (Wildman–Crippen MR) is 46.3 cm³/mol. The molecule has 2 heterocycles. The molecule has 0 saturated heterocycles. The molecule has 5 heteroatoms. The van der Waals surface area contributed by atoms with Gasteiger partial charge in [-0.05, 0) is 5.92 Å². The predicted octanol–water partition coefficient (Wildman–Crippen LogP) is 1.37. The van der Waals surface area contributed by atoms with Crippen LogP contribution in [-0.2, 0) is 13.0 Å². The van der Waals surface area contributed by atoms with Crippen molar-refractivity contribution in [1.82, 2.24) is 9.55 Å². The van der Waals surface area contributed by atoms with Crippen LogP contribution in [0.2, 0.25) is 0 Å². The Morgan fingerprint density at radius 3 is 3.00 bits per heavy atom. The molecule has 0 unspecified atom stereocenters. The minimum absolute atomic E-state index is 0.308. The fourth-order valence-corrected chi connectivity index (χ4v) is 1.72. The molecule has 0 N–H and O–H groups in total. The van der Waals surface area contributed by atoms with Crippen LogP contribution in [0.15, 0.2) is 10.9 Å². The largest absolute Gasteiger partial charge is 0.296 e. The molecular formula is C9H10F2N2O. The summed E-state index contributed by atoms with van der Waals surface area (Å²) in [6.45, 7) is 2.56. The minimum Gasteiger partial charge on any atom is -0.296 e. The van der Waals surface area contributed by atoms with Crippen molar-refractivity contribution in [3.05, 3.63) is 27.9 Å². The SMILES string of the molecule is C[C@H]1Cc2nc(C(F)F)cc(=O)n2C1. The molecule has 0 radical (unpaired) electrons. The smallest absolute Gasteiger partial charge is 0.280 e. The molecule has 0 fully saturated rings. The van der Waals surface area contributed by atoms with Crippen LogP contribution in [0.3, 0.4) is 0 Å². The van der Waals surface area contributed by atoms with E-state index in [0.717, 1.165) is 6.07 Å². The molecular weight excluding hydrogens is 190 g/mol. The summed E-state index contributed by atoms with van der Waals surface area (Å²) in [6, 6.07) is 0.923. The van der Waals surface area contributed by atoms with Crippen molar-refractivity contribution in [2.45, 2.75) is 26.3 Å². The number of hydrogen-bond acceptors (Lipinski definition) is 2. The zero-order valence-corrected chi connectivity index (χ0v) is 7.70. The van der Waals surface area contributed by atoms with E-state index in [4.69, 9.17) is 0 Å². The van der Waals surface area contributed by atoms with E-state index >= 15 is 0 Å². The first-order valence-electron chi connectivity index (χ1n) is 4.46. The summed E-state index contributed by atoms with van der Waals surface area (Å²) in [5, 5.41) is 0. The first-order valence-corrected chi connectivity index (χ1v) is 4.46. The van der Waals surface area contributed by atoms with Gasteiger partial charge in [0.1, 0.15) is 11.5 Å². The Balaban J connectivity index is 2.51. The average Bonchev–Trinajstić information content (AvgIpc) is 2.45. The molecule has 0 aromatic carbocycles. The summed E-state index contributed by atoms with van der Waals surface area (Å²) in [4.78, 5) is 15.1. The van der Waals surface area contributed by atoms with Gasteiger partial charge in [-0.15, -0.1) is 0 Å². The van der Waals surface area contributed by atoms with Crippen LogP contribution in [0.1, 0.15) is 24.9 Å². The third-order valence-corrected chi connectivity index (χ3v) is 2.36. The molecule has 0 bridgehead atoms. The number of hydrogen-bond donors (Lipinski definition) is 0. The zero-order valence-electron chi connectivity index (χ0n) is 7.70. The highest BCUT2D eigenvalue weighted by Gasteiger charge is 2.22. The van der Waals surface area contributed by atoms with Crippen LogP contribution in [0.25, 0.3) is 0 Å². The molecule has 0 amide bonds. The topological polar surface area (TPSA) is 34.9 Å². The molecule has 14 heavy (non-hydrogen) atoms. The summed E-state index contributed by atoms with van der Waals surface area (Å²) in [5.74, 6) is 0.795. The second kappa shape index (κ2) is 3.15. The molecule has 1 aliphatic rings. The van der Waals surface area contributed by atoms with Gasteiger partial charge >= 0.3 is 0 Å². The lowest BCUT2D eigenvalue weighted by atomic mass is 10.1. The van der Waals surface area contributed by atoms with Gasteiger partial charge in [-0.2, -0.15) is 0 Å². The molecule has 1 aromatic heterocycles. The van der Waals surface area contributed by atoms with Crippen LogP contribution >= 0.6 is 0 Å². The fraction of sp³-hybridized carbons (Fsp3) is 0.556. The Morgan fingerprint density at radius 2 is 2.36 bits per heavy atom. The van der Waals surface area contributed by atoms with Gasteiger partial charge in [-0.25, -0.2) is 13.8 Å². The monoisotopic (exact) mass is 200 g/mol. The van der Waals surface area contributed by atoms with E-state index in [0.29, 0.717) is 24.7 Å². The Hall–Kier alpha value is -1.26. The molecule has 1 aromatic rings. The van der Waals surface area contributed by atoms with Crippen LogP contribution in [0.5, 0.6) is 0 Å². The van der Waals surface area contributed by atoms with Crippen molar-refractivity contribution >= 4 is 0 Å². The standard InChI is InChI=1S/C9H10F2N2O/c1-5-2-7-12-6(9(10)11)3-8(14)13(7)4-5/h3,5,9H,2,4H2,1H3/t5-/m0/s1. The Labute approximate surface area is 79.4 Å². The lowest BCUT2D eigenvalue weighted by Gasteiger charge is -2.03. The molecule has 0 saturated carbocycles. The second-order valence-electron chi connectivity index (χ2n) is 3.66. The first kappa shape index (κ1) is 9.30. The van der Waals surface area contributed by atoms with E-state index < -0.39 is 12.1 Å². The lowest BCUT2D eigenvalue weighted by Crippen LogP contribution is -2.21. The highest BCUT2D eigenvalue weighted by atomic mass is 19.3. The van der Waals surface area contributed by atoms with E-state index in [2.05, 4.69) is 4.98 Å². The van der Waals surface area contributed by atoms with Gasteiger partial charge in [-0.1, -0.05) is 6.92 Å². The summed E-state index contributed by atoms with van der Waals surface area (Å²) < 4.78 is 26.1. The van der Waals surface area contributed by atoms with Crippen molar-refractivity contribution in [2.24, 2.45) is 5.92 Å². The van der Waals surface area contributed by atoms with Gasteiger partial charge in [0.25, 0.3) is 12.0 Å². The summed E-state index contributed by atoms with van der Waals surface area (Å²) in [5.41, 5.74) is -0.773. The second-order valence-corrected chi connectivity index (χ2v) is 3.66. The van der Waals surface area contributed by atoms with Gasteiger partial charge in [0, 0.05) is 19.0 Å². The number of aromatic nitrogens is 2. The van der Waals surface area contributed by atoms with Crippen LogP contribution in [-0.4, -0.2) is 9.55 Å². The highest BCUT2D eigenvalue weighted by Crippen LogP contribution is 2.20. The molecule has 0 aliphatic carbocycles. The number of halogens is 2. The van der Waals surface area contributed by atoms with Crippen molar-refractivity contribution in [3.63, 3.8) is 0 Å². The molecule has 2 rings (SSSR count). The fourth-order valence-electron chi connectivity index (χ4n) is 1.72. The summed E-state index contributed by atoms with van der Waals surface area (Å²) >= 11 is 0. The number of rotatable bonds is 1. The van der Waals surface area contributed by atoms with Crippen molar-refractivity contribution in [2.75, 3.05) is 0 Å². The molecule has 1 aliphatic heterocycles. The highest BCUT2D eigenvalue weighted by molar-refractivity contribution is 5.09. The quantitative estimate of drug-likeness (QED) is 0.686. The maximum absolute atomic E-state index is 12.3. The lowest BCUT2D eigenvalue weighted by molar-refractivity contribution is 0.145. The van der Waals surface area contributed by atoms with Crippen molar-refractivity contribution in [3.8, 4) is 0 Å². The van der Waals surface area contributed by atoms with Crippen LogP contribution in [0.4, 0.5) is 8.78 Å². The van der Waals surface area contributed by atoms with Crippen molar-refractivity contribution < 1.29 is 8.78 Å². The van der Waals surface area contributed by atoms with Crippen LogP contribution < -0.4 is 5.56 Å². The van der Waals surface area contributed by atoms with E-state index in [1.54, 1.807) is 0 Å². The van der Waals surface area contributed by atoms with E-state index in [-0.39, 0.29) is 5.56 Å². The number of fused-ring (bicyclic) bond motifs is 1. The van der Waals surface area contributed by atoms with Gasteiger partial charge in [0.05, 0.1) is 0 Å². The van der Waals surface area contributed by atoms with Gasteiger partial charge in [-0.3, -0.25) is 9.36 Å². The van der Waals surface area contributed by atoms with Gasteiger partial charge in [0.15, 0.2) is 0 Å². The Morgan fingerprint density at radius 1 is 1.64 bits per heavy atom. The third-order valence-electron chi connectivity index (χ3n) is 2.36. The molecule has 0 spiro atoms. The molecule has 1 atom stereocenters. The van der Waals surface area contributed by atoms with Gasteiger partial charge < -0.3 is 0 Å². The summed E-state index contributed by atoms with van der Waals surface area (Å²) in [6.07, 6.45) is -2.06. The first-order chi connectivity index (χ1) is 6.58. The van der Waals surface area contributed by atoms with Gasteiger partial charge in [0.2, 0.25) is 0 Å². The maximum atomic E-state index is 12.3. The van der Waals surface area contributed by atoms with E-state index in [9.17, 15) is 13.6 Å². The van der Waals surface area contributed by atoms with E-state index in [1.165, 1.54) is 4.57 Å². The summed E-state index contributed by atoms with van der Waals surface area (Å²) in [7, 11) is 0. The van der Waals surface area contributed by atoms with Crippen molar-refractivity contribution in [1.29, 1.82) is 0 Å². The Bertz CT molecular complexity index is 414. The third kappa shape index (κ3) is 1.42. The number of nitrogens with zero attached hydrogens (tertiary/aromatic N) is 2. The Kier molecular flexibility index (Phi) is 2.09. The average molecular weight is 200 g/mol. The van der Waals surface area contributed by atoms with E-state index in [1.807, 2.05) is 6.92 Å². The molecule has 76 valence electrons. The zero-order chi connectivity index (χ0) is 10.3. The molecule has 3 nitrogen and oxygen atoms in total. The van der Waals surface area contributed by atoms with Crippen LogP contribution in [0, 0.1) is 5.92 Å².